The zero-order valence-electron chi connectivity index (χ0n) is 17.8. The van der Waals surface area contributed by atoms with Crippen molar-refractivity contribution in [2.24, 2.45) is 0 Å². The number of ether oxygens (including phenoxy) is 3. The first kappa shape index (κ1) is 24.9. The molecule has 12 heteroatoms. The van der Waals surface area contributed by atoms with Crippen LogP contribution in [0.15, 0.2) is 18.2 Å². The third-order valence-corrected chi connectivity index (χ3v) is 5.35. The van der Waals surface area contributed by atoms with Crippen molar-refractivity contribution < 1.29 is 37.4 Å². The largest absolute Gasteiger partial charge is 0.493 e. The number of benzene rings is 1. The smallest absolute Gasteiger partial charge is 0.387 e. The average Bonchev–Trinajstić information content (AvgIpc) is 3.07. The van der Waals surface area contributed by atoms with Crippen molar-refractivity contribution in [3.63, 3.8) is 0 Å². The fourth-order valence-corrected chi connectivity index (χ4v) is 3.87. The summed E-state index contributed by atoms with van der Waals surface area (Å²) < 4.78 is 39.6. The minimum Gasteiger partial charge on any atom is -0.493 e. The van der Waals surface area contributed by atoms with E-state index in [0.29, 0.717) is 11.3 Å². The van der Waals surface area contributed by atoms with Crippen LogP contribution in [-0.4, -0.2) is 51.7 Å². The van der Waals surface area contributed by atoms with Crippen LogP contribution in [0.25, 0.3) is 0 Å². The van der Waals surface area contributed by atoms with Gasteiger partial charge in [0.25, 0.3) is 5.91 Å². The Balaban J connectivity index is 2.17. The van der Waals surface area contributed by atoms with Gasteiger partial charge in [-0.2, -0.15) is 8.78 Å². The highest BCUT2D eigenvalue weighted by Crippen LogP contribution is 2.34. The number of thiophene rings is 1. The number of hydrogen-bond acceptors (Lipinski definition) is 8. The maximum absolute atomic E-state index is 12.6. The van der Waals surface area contributed by atoms with E-state index in [0.717, 1.165) is 11.3 Å². The van der Waals surface area contributed by atoms with Gasteiger partial charge in [0.2, 0.25) is 5.91 Å². The number of hydrogen-bond donors (Lipinski definition) is 3. The van der Waals surface area contributed by atoms with Crippen molar-refractivity contribution >= 4 is 39.8 Å². The van der Waals surface area contributed by atoms with Gasteiger partial charge >= 0.3 is 12.6 Å². The molecular formula is C20H23F2N3O6S. The molecule has 174 valence electrons. The molecule has 0 saturated heterocycles. The molecule has 3 N–H and O–H groups in total. The molecule has 0 aliphatic carbocycles. The van der Waals surface area contributed by atoms with Gasteiger partial charge < -0.3 is 30.2 Å². The molecular weight excluding hydrogens is 448 g/mol. The van der Waals surface area contributed by atoms with E-state index in [1.807, 2.05) is 0 Å². The molecule has 0 bridgehead atoms. The Morgan fingerprint density at radius 1 is 1.19 bits per heavy atom. The van der Waals surface area contributed by atoms with Crippen molar-refractivity contribution in [3.8, 4) is 11.5 Å². The van der Waals surface area contributed by atoms with Gasteiger partial charge in [-0.3, -0.25) is 9.59 Å². The molecule has 0 atom stereocenters. The zero-order chi connectivity index (χ0) is 23.8. The van der Waals surface area contributed by atoms with Crippen LogP contribution in [0.5, 0.6) is 11.5 Å². The molecule has 1 aromatic carbocycles. The summed E-state index contributed by atoms with van der Waals surface area (Å²) >= 11 is 0.945. The SMILES string of the molecule is CCOC(=O)c1c(NC(=O)CNc2ccc(OC)c(OC(F)F)c2)sc(C(=O)NC)c1C. The lowest BCUT2D eigenvalue weighted by molar-refractivity contribution is -0.114. The molecule has 0 aliphatic heterocycles. The van der Waals surface area contributed by atoms with E-state index in [1.165, 1.54) is 32.4 Å². The number of halogens is 2. The minimum absolute atomic E-state index is 0.0980. The van der Waals surface area contributed by atoms with Gasteiger partial charge in [-0.05, 0) is 31.5 Å². The van der Waals surface area contributed by atoms with Crippen LogP contribution in [0.4, 0.5) is 19.5 Å². The molecule has 0 spiro atoms. The summed E-state index contributed by atoms with van der Waals surface area (Å²) in [5.41, 5.74) is 0.816. The Labute approximate surface area is 187 Å². The normalized spacial score (nSPS) is 10.5. The topological polar surface area (TPSA) is 115 Å². The summed E-state index contributed by atoms with van der Waals surface area (Å²) in [5, 5.41) is 8.02. The third-order valence-electron chi connectivity index (χ3n) is 4.15. The Kier molecular flexibility index (Phi) is 8.76. The molecule has 0 aliphatic rings. The number of methoxy groups -OCH3 is 1. The molecule has 0 saturated carbocycles. The van der Waals surface area contributed by atoms with Crippen molar-refractivity contribution in [3.05, 3.63) is 34.2 Å². The monoisotopic (exact) mass is 471 g/mol. The van der Waals surface area contributed by atoms with E-state index in [2.05, 4.69) is 20.7 Å². The van der Waals surface area contributed by atoms with Gasteiger partial charge in [-0.1, -0.05) is 0 Å². The average molecular weight is 471 g/mol. The standard InChI is InChI=1S/C20H23F2N3O6S/c1-5-30-19(28)15-10(2)16(17(27)23-3)32-18(15)25-14(26)9-24-11-6-7-12(29-4)13(8-11)31-20(21)22/h6-8,20,24H,5,9H2,1-4H3,(H,23,27)(H,25,26). The first-order valence-corrected chi connectivity index (χ1v) is 10.2. The lowest BCUT2D eigenvalue weighted by atomic mass is 10.1. The van der Waals surface area contributed by atoms with E-state index in [1.54, 1.807) is 13.8 Å². The highest BCUT2D eigenvalue weighted by Gasteiger charge is 2.26. The number of rotatable bonds is 10. The van der Waals surface area contributed by atoms with E-state index in [9.17, 15) is 23.2 Å². The highest BCUT2D eigenvalue weighted by atomic mass is 32.1. The number of esters is 1. The Morgan fingerprint density at radius 2 is 1.91 bits per heavy atom. The van der Waals surface area contributed by atoms with Crippen LogP contribution in [0.1, 0.15) is 32.5 Å². The van der Waals surface area contributed by atoms with Crippen molar-refractivity contribution in [2.45, 2.75) is 20.5 Å². The first-order valence-electron chi connectivity index (χ1n) is 9.40. The minimum atomic E-state index is -3.04. The van der Waals surface area contributed by atoms with Gasteiger partial charge in [-0.25, -0.2) is 4.79 Å². The van der Waals surface area contributed by atoms with Gasteiger partial charge in [0.1, 0.15) is 5.00 Å². The van der Waals surface area contributed by atoms with Gasteiger partial charge in [0.15, 0.2) is 11.5 Å². The molecule has 0 radical (unpaired) electrons. The number of alkyl halides is 2. The van der Waals surface area contributed by atoms with Gasteiger partial charge in [-0.15, -0.1) is 11.3 Å². The highest BCUT2D eigenvalue weighted by molar-refractivity contribution is 7.18. The predicted molar refractivity (Wildman–Crippen MR) is 115 cm³/mol. The Bertz CT molecular complexity index is 996. The summed E-state index contributed by atoms with van der Waals surface area (Å²) in [6.45, 7) is 0.0551. The number of carbonyl (C=O) groups excluding carboxylic acids is 3. The van der Waals surface area contributed by atoms with E-state index in [-0.39, 0.29) is 40.1 Å². The maximum atomic E-state index is 12.6. The Hall–Kier alpha value is -3.41. The van der Waals surface area contributed by atoms with Crippen molar-refractivity contribution in [1.29, 1.82) is 0 Å². The third kappa shape index (κ3) is 6.06. The van der Waals surface area contributed by atoms with Crippen LogP contribution in [0.3, 0.4) is 0 Å². The lowest BCUT2D eigenvalue weighted by Gasteiger charge is -2.13. The van der Waals surface area contributed by atoms with Crippen LogP contribution < -0.4 is 25.4 Å². The van der Waals surface area contributed by atoms with Crippen molar-refractivity contribution in [2.75, 3.05) is 37.9 Å². The second-order valence-corrected chi connectivity index (χ2v) is 7.23. The molecule has 1 aromatic heterocycles. The zero-order valence-corrected chi connectivity index (χ0v) is 18.7. The summed E-state index contributed by atoms with van der Waals surface area (Å²) in [6, 6.07) is 4.20. The molecule has 2 rings (SSSR count). The summed E-state index contributed by atoms with van der Waals surface area (Å²) in [6.07, 6.45) is 0. The fourth-order valence-electron chi connectivity index (χ4n) is 2.71. The second kappa shape index (κ2) is 11.3. The Morgan fingerprint density at radius 3 is 2.50 bits per heavy atom. The molecule has 2 aromatic rings. The first-order chi connectivity index (χ1) is 15.2. The van der Waals surface area contributed by atoms with Gasteiger partial charge in [0.05, 0.1) is 30.7 Å². The fraction of sp³-hybridized carbons (Fsp3) is 0.350. The van der Waals surface area contributed by atoms with E-state index in [4.69, 9.17) is 9.47 Å². The van der Waals surface area contributed by atoms with E-state index >= 15 is 0 Å². The molecule has 0 unspecified atom stereocenters. The van der Waals surface area contributed by atoms with Crippen LogP contribution in [-0.2, 0) is 9.53 Å². The number of nitrogens with one attached hydrogen (secondary N) is 3. The summed E-state index contributed by atoms with van der Waals surface area (Å²) in [7, 11) is 2.76. The quantitative estimate of drug-likeness (QED) is 0.456. The molecule has 9 nitrogen and oxygen atoms in total. The summed E-state index contributed by atoms with van der Waals surface area (Å²) in [4.78, 5) is 37.2. The number of carbonyl (C=O) groups is 3. The van der Waals surface area contributed by atoms with Crippen LogP contribution in [0, 0.1) is 6.92 Å². The molecule has 1 heterocycles. The van der Waals surface area contributed by atoms with Crippen LogP contribution in [0.2, 0.25) is 0 Å². The maximum Gasteiger partial charge on any atom is 0.387 e. The van der Waals surface area contributed by atoms with E-state index < -0.39 is 24.4 Å². The lowest BCUT2D eigenvalue weighted by Crippen LogP contribution is -2.22. The van der Waals surface area contributed by atoms with Crippen LogP contribution >= 0.6 is 11.3 Å². The molecule has 0 fully saturated rings. The van der Waals surface area contributed by atoms with Gasteiger partial charge in [0, 0.05) is 18.8 Å². The predicted octanol–water partition coefficient (Wildman–Crippen LogP) is 3.25. The number of amides is 2. The molecule has 32 heavy (non-hydrogen) atoms. The van der Waals surface area contributed by atoms with Crippen molar-refractivity contribution in [1.82, 2.24) is 5.32 Å². The second-order valence-electron chi connectivity index (χ2n) is 6.21. The number of anilines is 2. The molecule has 2 amide bonds. The summed E-state index contributed by atoms with van der Waals surface area (Å²) in [5.74, 6) is -1.69.